The van der Waals surface area contributed by atoms with Crippen molar-refractivity contribution in [1.29, 1.82) is 0 Å². The van der Waals surface area contributed by atoms with Gasteiger partial charge in [-0.2, -0.15) is 0 Å². The second-order valence-electron chi connectivity index (χ2n) is 8.22. The Hall–Kier alpha value is -0.810. The van der Waals surface area contributed by atoms with Crippen LogP contribution in [0.5, 0.6) is 0 Å². The maximum absolute atomic E-state index is 11.8. The SMILES string of the molecule is Cl.Cl.O=C1CCCN1c1ccc(CNC2CCC3(CCNCC3)CC2)cc1. The second-order valence-corrected chi connectivity index (χ2v) is 8.22. The van der Waals surface area contributed by atoms with Gasteiger partial charge in [0, 0.05) is 31.2 Å². The van der Waals surface area contributed by atoms with E-state index in [0.29, 0.717) is 17.9 Å². The number of anilines is 1. The van der Waals surface area contributed by atoms with Gasteiger partial charge in [-0.15, -0.1) is 24.8 Å². The molecule has 0 atom stereocenters. The molecular formula is C21H33Cl2N3O. The molecule has 1 saturated carbocycles. The molecule has 3 aliphatic rings. The molecule has 2 heterocycles. The maximum Gasteiger partial charge on any atom is 0.227 e. The van der Waals surface area contributed by atoms with E-state index in [4.69, 9.17) is 0 Å². The van der Waals surface area contributed by atoms with Gasteiger partial charge in [-0.25, -0.2) is 0 Å². The van der Waals surface area contributed by atoms with Crippen LogP contribution in [0.25, 0.3) is 0 Å². The van der Waals surface area contributed by atoms with Crippen molar-refractivity contribution in [3.8, 4) is 0 Å². The number of amides is 1. The summed E-state index contributed by atoms with van der Waals surface area (Å²) in [4.78, 5) is 13.7. The average Bonchev–Trinajstić information content (AvgIpc) is 3.09. The highest BCUT2D eigenvalue weighted by Crippen LogP contribution is 2.43. The standard InChI is InChI=1S/C21H31N3O.2ClH/c25-20-2-1-15-24(20)19-5-3-17(4-6-19)16-23-18-7-9-21(10-8-18)11-13-22-14-12-21;;/h3-6,18,22-23H,1-2,7-16H2;2*1H. The Morgan fingerprint density at radius 2 is 1.70 bits per heavy atom. The van der Waals surface area contributed by atoms with Crippen molar-refractivity contribution >= 4 is 36.4 Å². The number of benzene rings is 1. The summed E-state index contributed by atoms with van der Waals surface area (Å²) < 4.78 is 0. The number of rotatable bonds is 4. The van der Waals surface area contributed by atoms with Gasteiger partial charge in [0.2, 0.25) is 5.91 Å². The number of nitrogens with one attached hydrogen (secondary N) is 2. The minimum atomic E-state index is 0. The van der Waals surface area contributed by atoms with Gasteiger partial charge >= 0.3 is 0 Å². The van der Waals surface area contributed by atoms with Gasteiger partial charge < -0.3 is 15.5 Å². The van der Waals surface area contributed by atoms with Crippen molar-refractivity contribution in [3.63, 3.8) is 0 Å². The van der Waals surface area contributed by atoms with Gasteiger partial charge in [0.25, 0.3) is 0 Å². The van der Waals surface area contributed by atoms with E-state index in [2.05, 4.69) is 34.9 Å². The van der Waals surface area contributed by atoms with E-state index in [-0.39, 0.29) is 30.7 Å². The third-order valence-electron chi connectivity index (χ3n) is 6.63. The molecule has 2 aliphatic heterocycles. The second kappa shape index (κ2) is 10.1. The Balaban J connectivity index is 0.00000131. The first-order chi connectivity index (χ1) is 12.2. The van der Waals surface area contributed by atoms with Gasteiger partial charge in [0.05, 0.1) is 0 Å². The highest BCUT2D eigenvalue weighted by atomic mass is 35.5. The van der Waals surface area contributed by atoms with Crippen LogP contribution < -0.4 is 15.5 Å². The van der Waals surface area contributed by atoms with Crippen LogP contribution in [0.1, 0.15) is 56.9 Å². The molecule has 0 bridgehead atoms. The number of hydrogen-bond donors (Lipinski definition) is 2. The predicted octanol–water partition coefficient (Wildman–Crippen LogP) is 4.06. The first-order valence-corrected chi connectivity index (χ1v) is 10.1. The lowest BCUT2D eigenvalue weighted by molar-refractivity contribution is -0.117. The molecule has 152 valence electrons. The number of nitrogens with zero attached hydrogens (tertiary/aromatic N) is 1. The Labute approximate surface area is 175 Å². The largest absolute Gasteiger partial charge is 0.317 e. The smallest absolute Gasteiger partial charge is 0.227 e. The molecule has 1 spiro atoms. The van der Waals surface area contributed by atoms with Crippen LogP contribution in [-0.4, -0.2) is 31.6 Å². The number of carbonyl (C=O) groups excluding carboxylic acids is 1. The van der Waals surface area contributed by atoms with Crippen LogP contribution >= 0.6 is 24.8 Å². The maximum atomic E-state index is 11.8. The van der Waals surface area contributed by atoms with Gasteiger partial charge in [-0.3, -0.25) is 4.79 Å². The van der Waals surface area contributed by atoms with Crippen molar-refractivity contribution in [3.05, 3.63) is 29.8 Å². The van der Waals surface area contributed by atoms with Gasteiger partial charge in [-0.05, 0) is 81.1 Å². The van der Waals surface area contributed by atoms with Crippen molar-refractivity contribution in [2.45, 2.75) is 64.0 Å². The Bertz CT molecular complexity index is 592. The summed E-state index contributed by atoms with van der Waals surface area (Å²) in [6.45, 7) is 4.23. The zero-order chi connectivity index (χ0) is 17.1. The molecule has 2 N–H and O–H groups in total. The quantitative estimate of drug-likeness (QED) is 0.781. The van der Waals surface area contributed by atoms with E-state index in [1.54, 1.807) is 0 Å². The van der Waals surface area contributed by atoms with Crippen LogP contribution in [0.4, 0.5) is 5.69 Å². The van der Waals surface area contributed by atoms with Gasteiger partial charge in [-0.1, -0.05) is 12.1 Å². The molecule has 1 aliphatic carbocycles. The normalized spacial score (nSPS) is 22.4. The first-order valence-electron chi connectivity index (χ1n) is 10.1. The van der Waals surface area contributed by atoms with E-state index >= 15 is 0 Å². The van der Waals surface area contributed by atoms with Crippen LogP contribution in [0.2, 0.25) is 0 Å². The molecule has 1 aromatic rings. The van der Waals surface area contributed by atoms with Gasteiger partial charge in [0.1, 0.15) is 0 Å². The molecule has 4 nitrogen and oxygen atoms in total. The monoisotopic (exact) mass is 413 g/mol. The summed E-state index contributed by atoms with van der Waals surface area (Å²) in [5.41, 5.74) is 3.02. The van der Waals surface area contributed by atoms with E-state index in [1.807, 2.05) is 4.90 Å². The van der Waals surface area contributed by atoms with E-state index in [1.165, 1.54) is 57.2 Å². The molecule has 4 rings (SSSR count). The summed E-state index contributed by atoms with van der Waals surface area (Å²) in [6, 6.07) is 9.21. The predicted molar refractivity (Wildman–Crippen MR) is 116 cm³/mol. The fourth-order valence-corrected chi connectivity index (χ4v) is 4.87. The average molecular weight is 414 g/mol. The fourth-order valence-electron chi connectivity index (χ4n) is 4.87. The number of carbonyl (C=O) groups is 1. The van der Waals surface area contributed by atoms with Gasteiger partial charge in [0.15, 0.2) is 0 Å². The molecule has 6 heteroatoms. The molecule has 3 fully saturated rings. The first kappa shape index (κ1) is 22.5. The summed E-state index contributed by atoms with van der Waals surface area (Å²) in [5, 5.41) is 7.26. The summed E-state index contributed by atoms with van der Waals surface area (Å²) >= 11 is 0. The summed E-state index contributed by atoms with van der Waals surface area (Å²) in [6.07, 6.45) is 9.85. The molecule has 0 unspecified atom stereocenters. The lowest BCUT2D eigenvalue weighted by Gasteiger charge is -2.43. The van der Waals surface area contributed by atoms with E-state index < -0.39 is 0 Å². The molecule has 2 saturated heterocycles. The Morgan fingerprint density at radius 3 is 2.30 bits per heavy atom. The highest BCUT2D eigenvalue weighted by Gasteiger charge is 2.35. The molecule has 27 heavy (non-hydrogen) atoms. The Kier molecular flexibility index (Phi) is 8.41. The lowest BCUT2D eigenvalue weighted by atomic mass is 9.67. The third kappa shape index (κ3) is 5.38. The minimum Gasteiger partial charge on any atom is -0.317 e. The number of piperidine rings is 1. The van der Waals surface area contributed by atoms with Crippen LogP contribution in [-0.2, 0) is 11.3 Å². The van der Waals surface area contributed by atoms with Crippen LogP contribution in [0.15, 0.2) is 24.3 Å². The molecule has 0 radical (unpaired) electrons. The molecule has 0 aromatic heterocycles. The summed E-state index contributed by atoms with van der Waals surface area (Å²) in [5.74, 6) is 0.264. The zero-order valence-corrected chi connectivity index (χ0v) is 17.7. The number of hydrogen-bond acceptors (Lipinski definition) is 3. The third-order valence-corrected chi connectivity index (χ3v) is 6.63. The van der Waals surface area contributed by atoms with E-state index in [0.717, 1.165) is 25.2 Å². The van der Waals surface area contributed by atoms with Crippen LogP contribution in [0, 0.1) is 5.41 Å². The van der Waals surface area contributed by atoms with Crippen LogP contribution in [0.3, 0.4) is 0 Å². The molecule has 1 amide bonds. The molecular weight excluding hydrogens is 381 g/mol. The highest BCUT2D eigenvalue weighted by molar-refractivity contribution is 5.95. The Morgan fingerprint density at radius 1 is 1.04 bits per heavy atom. The summed E-state index contributed by atoms with van der Waals surface area (Å²) in [7, 11) is 0. The number of halogens is 2. The van der Waals surface area contributed by atoms with Crippen molar-refractivity contribution in [2.75, 3.05) is 24.5 Å². The van der Waals surface area contributed by atoms with E-state index in [9.17, 15) is 4.79 Å². The minimum absolute atomic E-state index is 0. The fraction of sp³-hybridized carbons (Fsp3) is 0.667. The molecule has 1 aromatic carbocycles. The van der Waals surface area contributed by atoms with Crippen molar-refractivity contribution in [1.82, 2.24) is 10.6 Å². The van der Waals surface area contributed by atoms with Crippen molar-refractivity contribution < 1.29 is 4.79 Å². The zero-order valence-electron chi connectivity index (χ0n) is 16.0. The topological polar surface area (TPSA) is 44.4 Å². The van der Waals surface area contributed by atoms with Crippen molar-refractivity contribution in [2.24, 2.45) is 5.41 Å². The lowest BCUT2D eigenvalue weighted by Crippen LogP contribution is -2.42.